The highest BCUT2D eigenvalue weighted by Crippen LogP contribution is 2.36. The van der Waals surface area contributed by atoms with Crippen molar-refractivity contribution in [1.82, 2.24) is 0 Å². The average molecular weight is 148 g/mol. The van der Waals surface area contributed by atoms with E-state index in [1.54, 1.807) is 6.21 Å². The van der Waals surface area contributed by atoms with Gasteiger partial charge in [-0.3, -0.25) is 4.99 Å². The molecule has 1 N–H and O–H groups in total. The second kappa shape index (κ2) is 2.82. The van der Waals surface area contributed by atoms with Gasteiger partial charge in [-0.25, -0.2) is 0 Å². The molecule has 0 saturated heterocycles. The zero-order chi connectivity index (χ0) is 7.68. The van der Waals surface area contributed by atoms with E-state index in [9.17, 15) is 0 Å². The van der Waals surface area contributed by atoms with Gasteiger partial charge in [-0.1, -0.05) is 6.08 Å². The van der Waals surface area contributed by atoms with Crippen LogP contribution in [0.25, 0.3) is 0 Å². The first-order valence-electron chi connectivity index (χ1n) is 4.11. The van der Waals surface area contributed by atoms with Gasteiger partial charge in [0.2, 0.25) is 0 Å². The first-order chi connectivity index (χ1) is 5.40. The van der Waals surface area contributed by atoms with Crippen LogP contribution in [0.4, 0.5) is 0 Å². The van der Waals surface area contributed by atoms with Crippen molar-refractivity contribution < 1.29 is 5.02 Å². The minimum absolute atomic E-state index is 0.513. The van der Waals surface area contributed by atoms with Crippen molar-refractivity contribution in [2.45, 2.75) is 25.3 Å². The average Bonchev–Trinajstić information content (AvgIpc) is 2.87. The van der Waals surface area contributed by atoms with Crippen LogP contribution in [0.15, 0.2) is 16.5 Å². The van der Waals surface area contributed by atoms with E-state index in [1.165, 1.54) is 12.8 Å². The van der Waals surface area contributed by atoms with E-state index in [-0.39, 0.29) is 0 Å². The minimum Gasteiger partial charge on any atom is -0.450 e. The third kappa shape index (κ3) is 1.53. The van der Waals surface area contributed by atoms with Gasteiger partial charge in [0.15, 0.2) is 0 Å². The molecule has 1 atom stereocenters. The molecular weight excluding hydrogens is 137 g/mol. The van der Waals surface area contributed by atoms with Crippen molar-refractivity contribution in [2.75, 3.05) is 0 Å². The van der Waals surface area contributed by atoms with Crippen LogP contribution in [0, 0.1) is 5.92 Å². The van der Waals surface area contributed by atoms with Crippen molar-refractivity contribution in [3.05, 3.63) is 11.5 Å². The molecule has 0 amide bonds. The smallest absolute Gasteiger partial charge is 0.328 e. The van der Waals surface area contributed by atoms with Gasteiger partial charge in [-0.15, -0.1) is 0 Å². The number of hydrogen-bond acceptors (Lipinski definition) is 2. The van der Waals surface area contributed by atoms with Gasteiger partial charge in [-0.2, -0.15) is 0 Å². The van der Waals surface area contributed by atoms with Gasteiger partial charge in [-0.05, 0) is 30.7 Å². The minimum atomic E-state index is 0.513. The van der Waals surface area contributed by atoms with Gasteiger partial charge < -0.3 is 5.02 Å². The molecule has 2 nitrogen and oxygen atoms in total. The summed E-state index contributed by atoms with van der Waals surface area (Å²) in [5, 5.41) is 8.65. The van der Waals surface area contributed by atoms with Crippen molar-refractivity contribution in [1.29, 1.82) is 0 Å². The maximum Gasteiger partial charge on any atom is 0.328 e. The topological polar surface area (TPSA) is 32.6 Å². The first kappa shape index (κ1) is 7.10. The van der Waals surface area contributed by atoms with Crippen LogP contribution in [-0.4, -0.2) is 24.8 Å². The summed E-state index contributed by atoms with van der Waals surface area (Å²) in [6.45, 7) is 0. The number of dihydropyridines is 1. The maximum absolute atomic E-state index is 8.65. The summed E-state index contributed by atoms with van der Waals surface area (Å²) < 4.78 is 0. The Morgan fingerprint density at radius 1 is 1.55 bits per heavy atom. The Morgan fingerprint density at radius 2 is 2.36 bits per heavy atom. The highest BCUT2D eigenvalue weighted by atomic mass is 16.2. The fraction of sp³-hybridized carbons (Fsp3) is 0.625. The fourth-order valence-electron chi connectivity index (χ4n) is 1.43. The third-order valence-corrected chi connectivity index (χ3v) is 2.33. The lowest BCUT2D eigenvalue weighted by Crippen LogP contribution is -2.13. The molecule has 2 rings (SSSR count). The largest absolute Gasteiger partial charge is 0.450 e. The number of nitrogens with zero attached hydrogens (tertiary/aromatic N) is 1. The summed E-state index contributed by atoms with van der Waals surface area (Å²) in [4.78, 5) is 4.36. The van der Waals surface area contributed by atoms with Crippen molar-refractivity contribution in [3.8, 4) is 0 Å². The van der Waals surface area contributed by atoms with E-state index in [4.69, 9.17) is 5.02 Å². The van der Waals surface area contributed by atoms with E-state index >= 15 is 0 Å². The zero-order valence-electron chi connectivity index (χ0n) is 6.40. The van der Waals surface area contributed by atoms with Gasteiger partial charge in [0.05, 0.1) is 6.04 Å². The molecule has 0 spiro atoms. The van der Waals surface area contributed by atoms with E-state index < -0.39 is 0 Å². The summed E-state index contributed by atoms with van der Waals surface area (Å²) in [6.07, 6.45) is 7.51. The molecule has 1 heterocycles. The second-order valence-electron chi connectivity index (χ2n) is 3.25. The maximum atomic E-state index is 8.65. The Balaban J connectivity index is 1.94. The molecule has 1 radical (unpaired) electrons. The molecule has 57 valence electrons. The number of hydrogen-bond donors (Lipinski definition) is 1. The third-order valence-electron chi connectivity index (χ3n) is 2.33. The Hall–Kier alpha value is -0.565. The van der Waals surface area contributed by atoms with Crippen LogP contribution in [0.2, 0.25) is 0 Å². The van der Waals surface area contributed by atoms with Gasteiger partial charge in [0, 0.05) is 6.21 Å². The lowest BCUT2D eigenvalue weighted by Gasteiger charge is -2.12. The van der Waals surface area contributed by atoms with Crippen LogP contribution in [0.1, 0.15) is 19.3 Å². The Bertz CT molecular complexity index is 208. The molecule has 0 bridgehead atoms. The SMILES string of the molecule is O[B]C1=CCC(C2CC2)N=C1. The molecule has 0 aromatic carbocycles. The lowest BCUT2D eigenvalue weighted by molar-refractivity contribution is 0.595. The molecule has 0 aromatic heterocycles. The molecular formula is C8H11BNO. The molecule has 1 saturated carbocycles. The van der Waals surface area contributed by atoms with Crippen molar-refractivity contribution >= 4 is 13.7 Å². The molecule has 1 unspecified atom stereocenters. The van der Waals surface area contributed by atoms with Gasteiger partial charge in [0.25, 0.3) is 0 Å². The normalized spacial score (nSPS) is 29.9. The zero-order valence-corrected chi connectivity index (χ0v) is 6.40. The molecule has 1 aliphatic carbocycles. The predicted octanol–water partition coefficient (Wildman–Crippen LogP) is 0.735. The first-order valence-corrected chi connectivity index (χ1v) is 4.11. The summed E-state index contributed by atoms with van der Waals surface area (Å²) in [7, 11) is 1.12. The van der Waals surface area contributed by atoms with E-state index in [0.29, 0.717) is 6.04 Å². The van der Waals surface area contributed by atoms with Crippen LogP contribution < -0.4 is 0 Å². The molecule has 1 aliphatic heterocycles. The molecule has 0 aromatic rings. The monoisotopic (exact) mass is 148 g/mol. The van der Waals surface area contributed by atoms with Crippen LogP contribution >= 0.6 is 0 Å². The van der Waals surface area contributed by atoms with Crippen LogP contribution in [0.5, 0.6) is 0 Å². The summed E-state index contributed by atoms with van der Waals surface area (Å²) in [5.41, 5.74) is 0.849. The molecule has 11 heavy (non-hydrogen) atoms. The molecule has 1 fully saturated rings. The highest BCUT2D eigenvalue weighted by Gasteiger charge is 2.30. The van der Waals surface area contributed by atoms with E-state index in [2.05, 4.69) is 11.1 Å². The fourth-order valence-corrected chi connectivity index (χ4v) is 1.43. The van der Waals surface area contributed by atoms with E-state index in [0.717, 1.165) is 25.3 Å². The lowest BCUT2D eigenvalue weighted by atomic mass is 9.85. The Labute approximate surface area is 67.3 Å². The molecule has 2 aliphatic rings. The van der Waals surface area contributed by atoms with Crippen LogP contribution in [-0.2, 0) is 0 Å². The van der Waals surface area contributed by atoms with Gasteiger partial charge in [0.1, 0.15) is 0 Å². The van der Waals surface area contributed by atoms with Gasteiger partial charge >= 0.3 is 7.48 Å². The quantitative estimate of drug-likeness (QED) is 0.575. The Morgan fingerprint density at radius 3 is 2.82 bits per heavy atom. The second-order valence-corrected chi connectivity index (χ2v) is 3.25. The summed E-state index contributed by atoms with van der Waals surface area (Å²) in [5.74, 6) is 0.836. The summed E-state index contributed by atoms with van der Waals surface area (Å²) in [6, 6.07) is 0.513. The van der Waals surface area contributed by atoms with Crippen molar-refractivity contribution in [2.24, 2.45) is 10.9 Å². The van der Waals surface area contributed by atoms with E-state index in [1.807, 2.05) is 0 Å². The predicted molar refractivity (Wildman–Crippen MR) is 45.7 cm³/mol. The standard InChI is InChI=1S/C8H11BNO/c11-9-7-3-4-8(10-5-7)6-1-2-6/h3,5-6,8,11H,1-2,4H2. The number of allylic oxidation sites excluding steroid dienone is 1. The van der Waals surface area contributed by atoms with Crippen molar-refractivity contribution in [3.63, 3.8) is 0 Å². The number of aliphatic imine (C=N–C) groups is 1. The Kier molecular flexibility index (Phi) is 1.82. The number of rotatable bonds is 2. The summed E-state index contributed by atoms with van der Waals surface area (Å²) >= 11 is 0. The van der Waals surface area contributed by atoms with Crippen LogP contribution in [0.3, 0.4) is 0 Å². The highest BCUT2D eigenvalue weighted by molar-refractivity contribution is 6.44. The molecule has 3 heteroatoms.